The molecule has 0 bridgehead atoms. The molecule has 0 saturated carbocycles. The molecule has 2 aromatic carbocycles. The van der Waals surface area contributed by atoms with Crippen LogP contribution in [0.4, 0.5) is 9.52 Å². The first kappa shape index (κ1) is 19.0. The highest BCUT2D eigenvalue weighted by atomic mass is 32.2. The fraction of sp³-hybridized carbons (Fsp3) is 0.111. The van der Waals surface area contributed by atoms with Gasteiger partial charge in [-0.3, -0.25) is 14.9 Å². The summed E-state index contributed by atoms with van der Waals surface area (Å²) in [4.78, 5) is 23.6. The van der Waals surface area contributed by atoms with Gasteiger partial charge in [0.1, 0.15) is 11.6 Å². The molecule has 27 heavy (non-hydrogen) atoms. The SMILES string of the molecule is CC(=O)Oc1ccccc1C(=O)Nc1nnc(SCc2ccccc2F)s1. The maximum Gasteiger partial charge on any atom is 0.308 e. The number of hydrogen-bond acceptors (Lipinski definition) is 7. The second-order valence-corrected chi connectivity index (χ2v) is 7.50. The van der Waals surface area contributed by atoms with Gasteiger partial charge in [-0.1, -0.05) is 53.4 Å². The molecule has 0 atom stereocenters. The van der Waals surface area contributed by atoms with Gasteiger partial charge in [-0.05, 0) is 23.8 Å². The van der Waals surface area contributed by atoms with E-state index < -0.39 is 11.9 Å². The summed E-state index contributed by atoms with van der Waals surface area (Å²) in [5, 5.41) is 10.8. The molecule has 6 nitrogen and oxygen atoms in total. The van der Waals surface area contributed by atoms with Gasteiger partial charge in [0.15, 0.2) is 4.34 Å². The van der Waals surface area contributed by atoms with E-state index >= 15 is 0 Å². The molecule has 0 aliphatic rings. The second-order valence-electron chi connectivity index (χ2n) is 5.30. The molecule has 9 heteroatoms. The highest BCUT2D eigenvalue weighted by molar-refractivity contribution is 8.00. The Kier molecular flexibility index (Phi) is 6.15. The van der Waals surface area contributed by atoms with Crippen molar-refractivity contribution < 1.29 is 18.7 Å². The number of carbonyl (C=O) groups is 2. The summed E-state index contributed by atoms with van der Waals surface area (Å²) in [7, 11) is 0. The minimum Gasteiger partial charge on any atom is -0.426 e. The molecule has 3 rings (SSSR count). The molecule has 0 aliphatic carbocycles. The average molecular weight is 403 g/mol. The first-order chi connectivity index (χ1) is 13.0. The standard InChI is InChI=1S/C18H14FN3O3S2/c1-11(23)25-15-9-5-3-7-13(15)16(24)20-17-21-22-18(27-17)26-10-12-6-2-4-8-14(12)19/h2-9H,10H2,1H3,(H,20,21,24). The van der Waals surface area contributed by atoms with E-state index in [0.29, 0.717) is 20.8 Å². The van der Waals surface area contributed by atoms with Crippen LogP contribution in [0.1, 0.15) is 22.8 Å². The number of rotatable bonds is 6. The number of benzene rings is 2. The van der Waals surface area contributed by atoms with Crippen LogP contribution in [0.3, 0.4) is 0 Å². The van der Waals surface area contributed by atoms with E-state index in [1.54, 1.807) is 36.4 Å². The lowest BCUT2D eigenvalue weighted by atomic mass is 10.2. The molecule has 1 amide bonds. The number of esters is 1. The Morgan fingerprint density at radius 2 is 1.89 bits per heavy atom. The number of aromatic nitrogens is 2. The van der Waals surface area contributed by atoms with Gasteiger partial charge in [0.05, 0.1) is 5.56 Å². The smallest absolute Gasteiger partial charge is 0.308 e. The topological polar surface area (TPSA) is 81.2 Å². The average Bonchev–Trinajstić information content (AvgIpc) is 3.08. The fourth-order valence-corrected chi connectivity index (χ4v) is 3.87. The first-order valence-electron chi connectivity index (χ1n) is 7.81. The number of nitrogens with zero attached hydrogens (tertiary/aromatic N) is 2. The summed E-state index contributed by atoms with van der Waals surface area (Å²) < 4.78 is 19.3. The van der Waals surface area contributed by atoms with Gasteiger partial charge in [-0.2, -0.15) is 0 Å². The maximum atomic E-state index is 13.6. The quantitative estimate of drug-likeness (QED) is 0.288. The predicted molar refractivity (Wildman–Crippen MR) is 102 cm³/mol. The Labute approximate surface area is 162 Å². The van der Waals surface area contributed by atoms with Crippen molar-refractivity contribution in [2.45, 2.75) is 17.0 Å². The summed E-state index contributed by atoms with van der Waals surface area (Å²) in [5.74, 6) is -0.678. The third-order valence-corrected chi connectivity index (χ3v) is 5.34. The maximum absolute atomic E-state index is 13.6. The lowest BCUT2D eigenvalue weighted by molar-refractivity contribution is -0.131. The molecular formula is C18H14FN3O3S2. The van der Waals surface area contributed by atoms with E-state index in [1.165, 1.54) is 42.2 Å². The van der Waals surface area contributed by atoms with Crippen LogP contribution in [0.2, 0.25) is 0 Å². The van der Waals surface area contributed by atoms with Crippen LogP contribution >= 0.6 is 23.1 Å². The number of anilines is 1. The molecular weight excluding hydrogens is 389 g/mol. The Morgan fingerprint density at radius 1 is 1.15 bits per heavy atom. The molecule has 1 N–H and O–H groups in total. The Balaban J connectivity index is 1.65. The fourth-order valence-electron chi connectivity index (χ4n) is 2.14. The van der Waals surface area contributed by atoms with E-state index in [9.17, 15) is 14.0 Å². The third-order valence-electron chi connectivity index (χ3n) is 3.32. The first-order valence-corrected chi connectivity index (χ1v) is 9.61. The number of halogens is 1. The molecule has 0 spiro atoms. The van der Waals surface area contributed by atoms with Gasteiger partial charge in [0, 0.05) is 12.7 Å². The van der Waals surface area contributed by atoms with Crippen LogP contribution in [0.25, 0.3) is 0 Å². The van der Waals surface area contributed by atoms with Crippen molar-refractivity contribution in [2.75, 3.05) is 5.32 Å². The number of thioether (sulfide) groups is 1. The zero-order valence-electron chi connectivity index (χ0n) is 14.1. The van der Waals surface area contributed by atoms with E-state index in [4.69, 9.17) is 4.74 Å². The van der Waals surface area contributed by atoms with E-state index in [2.05, 4.69) is 15.5 Å². The van der Waals surface area contributed by atoms with Crippen LogP contribution in [0, 0.1) is 5.82 Å². The molecule has 0 unspecified atom stereocenters. The number of carbonyl (C=O) groups excluding carboxylic acids is 2. The summed E-state index contributed by atoms with van der Waals surface area (Å²) in [5.41, 5.74) is 0.780. The van der Waals surface area contributed by atoms with Crippen molar-refractivity contribution in [3.8, 4) is 5.75 Å². The van der Waals surface area contributed by atoms with E-state index in [0.717, 1.165) is 0 Å². The minimum atomic E-state index is -0.516. The Hall–Kier alpha value is -2.78. The van der Waals surface area contributed by atoms with Crippen molar-refractivity contribution >= 4 is 40.1 Å². The number of hydrogen-bond donors (Lipinski definition) is 1. The van der Waals surface area contributed by atoms with E-state index in [1.807, 2.05) is 0 Å². The van der Waals surface area contributed by atoms with Gasteiger partial charge >= 0.3 is 5.97 Å². The number of amides is 1. The summed E-state index contributed by atoms with van der Waals surface area (Å²) in [6.07, 6.45) is 0. The molecule has 138 valence electrons. The molecule has 0 saturated heterocycles. The summed E-state index contributed by atoms with van der Waals surface area (Å²) in [6.45, 7) is 1.26. The Morgan fingerprint density at radius 3 is 2.67 bits per heavy atom. The number of nitrogens with one attached hydrogen (secondary N) is 1. The van der Waals surface area contributed by atoms with Crippen molar-refractivity contribution in [2.24, 2.45) is 0 Å². The van der Waals surface area contributed by atoms with Crippen molar-refractivity contribution in [1.82, 2.24) is 10.2 Å². The van der Waals surface area contributed by atoms with Crippen molar-refractivity contribution in [3.05, 3.63) is 65.5 Å². The lowest BCUT2D eigenvalue weighted by Crippen LogP contribution is -2.14. The highest BCUT2D eigenvalue weighted by Gasteiger charge is 2.16. The lowest BCUT2D eigenvalue weighted by Gasteiger charge is -2.07. The second kappa shape index (κ2) is 8.74. The molecule has 0 radical (unpaired) electrons. The van der Waals surface area contributed by atoms with Gasteiger partial charge < -0.3 is 4.74 Å². The third kappa shape index (κ3) is 5.11. The minimum absolute atomic E-state index is 0.168. The van der Waals surface area contributed by atoms with Gasteiger partial charge in [-0.25, -0.2) is 4.39 Å². The van der Waals surface area contributed by atoms with E-state index in [-0.39, 0.29) is 17.1 Å². The van der Waals surface area contributed by atoms with Gasteiger partial charge in [0.25, 0.3) is 5.91 Å². The van der Waals surface area contributed by atoms with Crippen molar-refractivity contribution in [1.29, 1.82) is 0 Å². The Bertz CT molecular complexity index is 978. The van der Waals surface area contributed by atoms with Crippen LogP contribution in [0.5, 0.6) is 5.75 Å². The zero-order valence-corrected chi connectivity index (χ0v) is 15.8. The number of ether oxygens (including phenoxy) is 1. The largest absolute Gasteiger partial charge is 0.426 e. The summed E-state index contributed by atoms with van der Waals surface area (Å²) >= 11 is 2.51. The summed E-state index contributed by atoms with van der Waals surface area (Å²) in [6, 6.07) is 12.9. The van der Waals surface area contributed by atoms with Crippen LogP contribution < -0.4 is 10.1 Å². The zero-order chi connectivity index (χ0) is 19.2. The van der Waals surface area contributed by atoms with Crippen LogP contribution in [-0.2, 0) is 10.5 Å². The number of para-hydroxylation sites is 1. The molecule has 1 heterocycles. The monoisotopic (exact) mass is 403 g/mol. The van der Waals surface area contributed by atoms with Gasteiger partial charge in [-0.15, -0.1) is 10.2 Å². The molecule has 0 aliphatic heterocycles. The molecule has 3 aromatic rings. The van der Waals surface area contributed by atoms with Crippen molar-refractivity contribution in [3.63, 3.8) is 0 Å². The predicted octanol–water partition coefficient (Wildman–Crippen LogP) is 4.15. The normalized spacial score (nSPS) is 10.4. The molecule has 1 aromatic heterocycles. The highest BCUT2D eigenvalue weighted by Crippen LogP contribution is 2.29. The van der Waals surface area contributed by atoms with Gasteiger partial charge in [0.2, 0.25) is 5.13 Å². The van der Waals surface area contributed by atoms with Crippen LogP contribution in [0.15, 0.2) is 52.9 Å². The molecule has 0 fully saturated rings. The van der Waals surface area contributed by atoms with Crippen LogP contribution in [-0.4, -0.2) is 22.1 Å².